The van der Waals surface area contributed by atoms with Gasteiger partial charge in [0, 0.05) is 6.07 Å². The van der Waals surface area contributed by atoms with Crippen LogP contribution >= 0.6 is 34.2 Å². The predicted octanol–water partition coefficient (Wildman–Crippen LogP) is 3.48. The van der Waals surface area contributed by atoms with Gasteiger partial charge >= 0.3 is 0 Å². The molecule has 0 spiro atoms. The van der Waals surface area contributed by atoms with Gasteiger partial charge in [-0.15, -0.1) is 0 Å². The summed E-state index contributed by atoms with van der Waals surface area (Å²) in [5, 5.41) is 0.102. The molecule has 0 aromatic heterocycles. The number of benzene rings is 1. The molecule has 0 saturated heterocycles. The molecular weight excluding hydrogens is 293 g/mol. The standard InChI is InChI=1S/C8H7ClFIO/c1-2-12-5-3-6(9)8(10)7(11)4-5/h3-4H,2H2,1H3. The highest BCUT2D eigenvalue weighted by molar-refractivity contribution is 14.1. The lowest BCUT2D eigenvalue weighted by molar-refractivity contribution is 0.339. The number of halogens is 3. The first kappa shape index (κ1) is 10.1. The zero-order valence-electron chi connectivity index (χ0n) is 6.40. The van der Waals surface area contributed by atoms with Crippen molar-refractivity contribution in [1.82, 2.24) is 0 Å². The molecule has 0 aliphatic heterocycles. The molecule has 66 valence electrons. The Morgan fingerprint density at radius 3 is 2.75 bits per heavy atom. The van der Waals surface area contributed by atoms with E-state index in [0.717, 1.165) is 0 Å². The third kappa shape index (κ3) is 2.23. The van der Waals surface area contributed by atoms with Crippen molar-refractivity contribution in [2.45, 2.75) is 6.92 Å². The Morgan fingerprint density at radius 1 is 1.58 bits per heavy atom. The summed E-state index contributed by atoms with van der Waals surface area (Å²) in [5.74, 6) is 0.217. The van der Waals surface area contributed by atoms with Crippen LogP contribution in [0.1, 0.15) is 6.92 Å². The molecule has 0 aliphatic carbocycles. The monoisotopic (exact) mass is 300 g/mol. The number of ether oxygens (including phenoxy) is 1. The van der Waals surface area contributed by atoms with Gasteiger partial charge in [0.25, 0.3) is 0 Å². The van der Waals surface area contributed by atoms with Gasteiger partial charge in [-0.05, 0) is 35.6 Å². The van der Waals surface area contributed by atoms with E-state index in [4.69, 9.17) is 16.3 Å². The summed E-state index contributed by atoms with van der Waals surface area (Å²) in [6.07, 6.45) is 0. The minimum atomic E-state index is -0.388. The van der Waals surface area contributed by atoms with E-state index in [9.17, 15) is 4.39 Å². The number of hydrogen-bond acceptors (Lipinski definition) is 1. The van der Waals surface area contributed by atoms with E-state index in [1.165, 1.54) is 6.07 Å². The maximum atomic E-state index is 13.0. The molecule has 12 heavy (non-hydrogen) atoms. The third-order valence-corrected chi connectivity index (χ3v) is 2.33. The van der Waals surface area contributed by atoms with Crippen molar-refractivity contribution in [1.29, 1.82) is 0 Å². The summed E-state index contributed by atoms with van der Waals surface area (Å²) >= 11 is 7.47. The molecule has 1 aromatic rings. The molecule has 0 bridgehead atoms. The molecule has 0 saturated carbocycles. The van der Waals surface area contributed by atoms with Crippen molar-refractivity contribution in [3.63, 3.8) is 0 Å². The van der Waals surface area contributed by atoms with Crippen molar-refractivity contribution in [2.24, 2.45) is 0 Å². The van der Waals surface area contributed by atoms with E-state index < -0.39 is 0 Å². The van der Waals surface area contributed by atoms with Crippen LogP contribution in [0, 0.1) is 9.39 Å². The van der Waals surface area contributed by atoms with Gasteiger partial charge in [-0.25, -0.2) is 4.39 Å². The minimum Gasteiger partial charge on any atom is -0.494 e. The minimum absolute atomic E-state index is 0.102. The second-order valence-corrected chi connectivity index (χ2v) is 3.70. The van der Waals surface area contributed by atoms with Crippen LogP contribution in [0.5, 0.6) is 5.75 Å². The summed E-state index contributed by atoms with van der Waals surface area (Å²) in [6.45, 7) is 2.42. The second-order valence-electron chi connectivity index (χ2n) is 2.13. The molecule has 4 heteroatoms. The molecular formula is C8H7ClFIO. The van der Waals surface area contributed by atoms with E-state index in [0.29, 0.717) is 15.9 Å². The average Bonchev–Trinajstić information content (AvgIpc) is 2.01. The molecule has 0 fully saturated rings. The molecule has 1 nitrogen and oxygen atoms in total. The van der Waals surface area contributed by atoms with E-state index >= 15 is 0 Å². The predicted molar refractivity (Wildman–Crippen MR) is 55.3 cm³/mol. The van der Waals surface area contributed by atoms with Crippen LogP contribution in [0.25, 0.3) is 0 Å². The normalized spacial score (nSPS) is 10.0. The fourth-order valence-corrected chi connectivity index (χ4v) is 1.75. The van der Waals surface area contributed by atoms with Crippen LogP contribution in [0.2, 0.25) is 5.02 Å². The highest BCUT2D eigenvalue weighted by Crippen LogP contribution is 2.26. The smallest absolute Gasteiger partial charge is 0.155 e. The zero-order valence-corrected chi connectivity index (χ0v) is 9.32. The van der Waals surface area contributed by atoms with Crippen molar-refractivity contribution in [3.8, 4) is 5.75 Å². The lowest BCUT2D eigenvalue weighted by Crippen LogP contribution is -1.93. The first-order chi connectivity index (χ1) is 5.65. The second kappa shape index (κ2) is 4.28. The Hall–Kier alpha value is -0.0300. The van der Waals surface area contributed by atoms with Gasteiger partial charge in [0.2, 0.25) is 0 Å². The van der Waals surface area contributed by atoms with E-state index in [1.807, 2.05) is 29.5 Å². The molecule has 0 heterocycles. The summed E-state index contributed by atoms with van der Waals surface area (Å²) in [6, 6.07) is 3.09. The van der Waals surface area contributed by atoms with Gasteiger partial charge in [0.1, 0.15) is 5.75 Å². The molecule has 1 rings (SSSR count). The van der Waals surface area contributed by atoms with Crippen LogP contribution in [0.3, 0.4) is 0 Å². The third-order valence-electron chi connectivity index (χ3n) is 1.27. The first-order valence-corrected chi connectivity index (χ1v) is 4.88. The molecule has 0 radical (unpaired) electrons. The molecule has 0 aliphatic rings. The summed E-state index contributed by atoms with van der Waals surface area (Å²) in [7, 11) is 0. The van der Waals surface area contributed by atoms with Crippen molar-refractivity contribution in [3.05, 3.63) is 26.5 Å². The maximum absolute atomic E-state index is 13.0. The Balaban J connectivity index is 3.04. The lowest BCUT2D eigenvalue weighted by atomic mass is 10.3. The van der Waals surface area contributed by atoms with Gasteiger partial charge < -0.3 is 4.74 Å². The first-order valence-electron chi connectivity index (χ1n) is 3.42. The van der Waals surface area contributed by atoms with Crippen LogP contribution in [0.15, 0.2) is 12.1 Å². The van der Waals surface area contributed by atoms with Crippen molar-refractivity contribution in [2.75, 3.05) is 6.61 Å². The summed E-state index contributed by atoms with van der Waals surface area (Å²) in [4.78, 5) is 0. The molecule has 0 amide bonds. The highest BCUT2D eigenvalue weighted by atomic mass is 127. The van der Waals surface area contributed by atoms with Gasteiger partial charge in [0.15, 0.2) is 5.82 Å². The van der Waals surface area contributed by atoms with Crippen molar-refractivity contribution >= 4 is 34.2 Å². The molecule has 0 atom stereocenters. The fourth-order valence-electron chi connectivity index (χ4n) is 0.782. The van der Waals surface area contributed by atoms with Crippen LogP contribution < -0.4 is 4.74 Å². The lowest BCUT2D eigenvalue weighted by Gasteiger charge is -2.04. The maximum Gasteiger partial charge on any atom is 0.155 e. The molecule has 0 N–H and O–H groups in total. The van der Waals surface area contributed by atoms with Crippen LogP contribution in [-0.4, -0.2) is 6.61 Å². The summed E-state index contributed by atoms with van der Waals surface area (Å²) in [5.41, 5.74) is 0. The fraction of sp³-hybridized carbons (Fsp3) is 0.250. The summed E-state index contributed by atoms with van der Waals surface area (Å²) < 4.78 is 18.6. The van der Waals surface area contributed by atoms with E-state index in [2.05, 4.69) is 0 Å². The van der Waals surface area contributed by atoms with Crippen LogP contribution in [-0.2, 0) is 0 Å². The van der Waals surface area contributed by atoms with Gasteiger partial charge in [-0.1, -0.05) is 11.6 Å². The van der Waals surface area contributed by atoms with E-state index in [1.54, 1.807) is 6.07 Å². The molecule has 0 unspecified atom stereocenters. The van der Waals surface area contributed by atoms with Gasteiger partial charge in [-0.2, -0.15) is 0 Å². The Morgan fingerprint density at radius 2 is 2.25 bits per heavy atom. The number of rotatable bonds is 2. The van der Waals surface area contributed by atoms with Crippen LogP contribution in [0.4, 0.5) is 4.39 Å². The average molecular weight is 300 g/mol. The largest absolute Gasteiger partial charge is 0.494 e. The topological polar surface area (TPSA) is 9.23 Å². The van der Waals surface area contributed by atoms with Gasteiger partial charge in [0.05, 0.1) is 15.2 Å². The zero-order chi connectivity index (χ0) is 9.14. The number of hydrogen-bond donors (Lipinski definition) is 0. The quantitative estimate of drug-likeness (QED) is 0.600. The Labute approximate surface area is 89.0 Å². The highest BCUT2D eigenvalue weighted by Gasteiger charge is 2.06. The Kier molecular flexibility index (Phi) is 3.58. The van der Waals surface area contributed by atoms with Gasteiger partial charge in [-0.3, -0.25) is 0 Å². The Bertz CT molecular complexity index is 267. The van der Waals surface area contributed by atoms with E-state index in [-0.39, 0.29) is 10.8 Å². The van der Waals surface area contributed by atoms with Crippen molar-refractivity contribution < 1.29 is 9.13 Å². The molecule has 1 aromatic carbocycles. The SMILES string of the molecule is CCOc1cc(Cl)c(F)c(I)c1.